The molecule has 19 heavy (non-hydrogen) atoms. The maximum absolute atomic E-state index is 13.5. The Morgan fingerprint density at radius 3 is 2.63 bits per heavy atom. The van der Waals surface area contributed by atoms with Gasteiger partial charge in [-0.3, -0.25) is 4.79 Å². The Balaban J connectivity index is 2.31. The number of ether oxygens (including phenoxy) is 1. The lowest BCUT2D eigenvalue weighted by molar-refractivity contribution is 0.112. The van der Waals surface area contributed by atoms with Gasteiger partial charge in [0.2, 0.25) is 0 Å². The Kier molecular flexibility index (Phi) is 3.48. The van der Waals surface area contributed by atoms with Gasteiger partial charge in [-0.25, -0.2) is 13.8 Å². The number of aromatic nitrogens is 1. The molecule has 4 nitrogen and oxygen atoms in total. The van der Waals surface area contributed by atoms with E-state index in [1.54, 1.807) is 6.07 Å². The van der Waals surface area contributed by atoms with Crippen molar-refractivity contribution in [1.82, 2.24) is 4.98 Å². The highest BCUT2D eigenvalue weighted by Gasteiger charge is 2.11. The highest BCUT2D eigenvalue weighted by molar-refractivity contribution is 5.74. The third-order valence-corrected chi connectivity index (χ3v) is 2.23. The molecule has 0 aliphatic rings. The Morgan fingerprint density at radius 1 is 1.26 bits per heavy atom. The molecule has 6 heteroatoms. The molecule has 0 saturated carbocycles. The summed E-state index contributed by atoms with van der Waals surface area (Å²) in [6, 6.07) is 6.18. The van der Waals surface area contributed by atoms with Gasteiger partial charge in [0.15, 0.2) is 23.7 Å². The minimum Gasteiger partial charge on any atom is -0.433 e. The molecule has 1 aromatic carbocycles. The Morgan fingerprint density at radius 2 is 2.05 bits per heavy atom. The highest BCUT2D eigenvalue weighted by Crippen LogP contribution is 2.25. The van der Waals surface area contributed by atoms with Crippen LogP contribution < -0.4 is 4.74 Å². The zero-order valence-electron chi connectivity index (χ0n) is 9.43. The Bertz CT molecular complexity index is 681. The molecular formula is C13H6F2N2O2. The molecule has 2 aromatic rings. The first-order valence-electron chi connectivity index (χ1n) is 5.12. The van der Waals surface area contributed by atoms with Crippen LogP contribution in [0.15, 0.2) is 30.5 Å². The fraction of sp³-hybridized carbons (Fsp3) is 0. The third-order valence-electron chi connectivity index (χ3n) is 2.23. The van der Waals surface area contributed by atoms with Gasteiger partial charge in [0.25, 0.3) is 5.88 Å². The molecular weight excluding hydrogens is 254 g/mol. The van der Waals surface area contributed by atoms with Crippen molar-refractivity contribution in [1.29, 1.82) is 5.26 Å². The predicted octanol–water partition coefficient (Wildman–Crippen LogP) is 2.84. The average molecular weight is 260 g/mol. The Hall–Kier alpha value is -2.81. The van der Waals surface area contributed by atoms with Gasteiger partial charge in [-0.1, -0.05) is 0 Å². The first-order chi connectivity index (χ1) is 9.13. The minimum atomic E-state index is -0.881. The summed E-state index contributed by atoms with van der Waals surface area (Å²) in [5.74, 6) is -2.40. The number of aldehydes is 1. The molecule has 2 rings (SSSR count). The number of pyridine rings is 1. The molecule has 0 aliphatic heterocycles. The van der Waals surface area contributed by atoms with Gasteiger partial charge < -0.3 is 4.74 Å². The van der Waals surface area contributed by atoms with Crippen molar-refractivity contribution in [2.24, 2.45) is 0 Å². The number of nitrogens with zero attached hydrogens (tertiary/aromatic N) is 2. The molecule has 0 aliphatic carbocycles. The lowest BCUT2D eigenvalue weighted by Gasteiger charge is -2.06. The topological polar surface area (TPSA) is 63.0 Å². The van der Waals surface area contributed by atoms with Crippen LogP contribution in [0.4, 0.5) is 8.78 Å². The summed E-state index contributed by atoms with van der Waals surface area (Å²) in [6.07, 6.45) is 1.54. The molecule has 0 spiro atoms. The van der Waals surface area contributed by atoms with Crippen molar-refractivity contribution < 1.29 is 18.3 Å². The predicted molar refractivity (Wildman–Crippen MR) is 60.8 cm³/mol. The van der Waals surface area contributed by atoms with Gasteiger partial charge >= 0.3 is 0 Å². The van der Waals surface area contributed by atoms with Crippen LogP contribution in [0.1, 0.15) is 15.9 Å². The van der Waals surface area contributed by atoms with E-state index in [0.717, 1.165) is 18.3 Å². The third kappa shape index (κ3) is 2.72. The summed E-state index contributed by atoms with van der Waals surface area (Å²) in [5, 5.41) is 8.58. The van der Waals surface area contributed by atoms with Gasteiger partial charge in [-0.15, -0.1) is 0 Å². The number of hydrogen-bond donors (Lipinski definition) is 0. The molecule has 0 saturated heterocycles. The fourth-order valence-corrected chi connectivity index (χ4v) is 1.34. The molecule has 0 atom stereocenters. The van der Waals surface area contributed by atoms with Crippen LogP contribution in [-0.4, -0.2) is 11.3 Å². The summed E-state index contributed by atoms with van der Waals surface area (Å²) >= 11 is 0. The van der Waals surface area contributed by atoms with Crippen LogP contribution in [0.2, 0.25) is 0 Å². The maximum atomic E-state index is 13.5. The summed E-state index contributed by atoms with van der Waals surface area (Å²) in [6.45, 7) is 0. The fourth-order valence-electron chi connectivity index (χ4n) is 1.34. The van der Waals surface area contributed by atoms with Crippen LogP contribution in [0.25, 0.3) is 0 Å². The summed E-state index contributed by atoms with van der Waals surface area (Å²) in [7, 11) is 0. The van der Waals surface area contributed by atoms with Crippen LogP contribution in [-0.2, 0) is 0 Å². The summed E-state index contributed by atoms with van der Waals surface area (Å²) in [5.41, 5.74) is 0.166. The van der Waals surface area contributed by atoms with Gasteiger partial charge in [-0.05, 0) is 24.3 Å². The van der Waals surface area contributed by atoms with E-state index in [0.29, 0.717) is 6.29 Å². The quantitative estimate of drug-likeness (QED) is 0.796. The summed E-state index contributed by atoms with van der Waals surface area (Å²) in [4.78, 5) is 14.0. The van der Waals surface area contributed by atoms with Crippen molar-refractivity contribution in [3.63, 3.8) is 0 Å². The number of rotatable bonds is 3. The van der Waals surface area contributed by atoms with Crippen LogP contribution in [0, 0.1) is 23.0 Å². The van der Waals surface area contributed by atoms with E-state index < -0.39 is 17.5 Å². The minimum absolute atomic E-state index is 0.0464. The van der Waals surface area contributed by atoms with E-state index in [2.05, 4.69) is 4.98 Å². The largest absolute Gasteiger partial charge is 0.433 e. The molecule has 0 fully saturated rings. The van der Waals surface area contributed by atoms with Gasteiger partial charge in [0, 0.05) is 11.8 Å². The lowest BCUT2D eigenvalue weighted by atomic mass is 10.2. The number of nitriles is 1. The van der Waals surface area contributed by atoms with Crippen LogP contribution in [0.3, 0.4) is 0 Å². The van der Waals surface area contributed by atoms with E-state index in [4.69, 9.17) is 10.00 Å². The van der Waals surface area contributed by atoms with E-state index >= 15 is 0 Å². The molecule has 0 N–H and O–H groups in total. The molecule has 1 aromatic heterocycles. The van der Waals surface area contributed by atoms with Gasteiger partial charge in [-0.2, -0.15) is 5.26 Å². The average Bonchev–Trinajstić information content (AvgIpc) is 2.42. The van der Waals surface area contributed by atoms with Crippen LogP contribution in [0.5, 0.6) is 11.6 Å². The number of carbonyl (C=O) groups excluding carboxylic acids is 1. The normalized spacial score (nSPS) is 9.74. The lowest BCUT2D eigenvalue weighted by Crippen LogP contribution is -1.96. The molecule has 94 valence electrons. The second-order valence-corrected chi connectivity index (χ2v) is 3.53. The monoisotopic (exact) mass is 260 g/mol. The van der Waals surface area contributed by atoms with Crippen molar-refractivity contribution in [3.8, 4) is 17.7 Å². The molecule has 1 heterocycles. The zero-order valence-corrected chi connectivity index (χ0v) is 9.43. The second kappa shape index (κ2) is 5.23. The van der Waals surface area contributed by atoms with Crippen molar-refractivity contribution in [2.45, 2.75) is 0 Å². The number of halogens is 2. The molecule has 0 amide bonds. The van der Waals surface area contributed by atoms with Gasteiger partial charge in [0.05, 0.1) is 11.6 Å². The molecule has 0 radical (unpaired) electrons. The van der Waals surface area contributed by atoms with E-state index in [-0.39, 0.29) is 16.9 Å². The van der Waals surface area contributed by atoms with E-state index in [9.17, 15) is 13.6 Å². The number of benzene rings is 1. The smallest absolute Gasteiger partial charge is 0.256 e. The first-order valence-corrected chi connectivity index (χ1v) is 5.12. The molecule has 0 unspecified atom stereocenters. The SMILES string of the molecule is N#Cc1ccc(Oc2ncc(C=O)cc2F)c(F)c1. The number of hydrogen-bond acceptors (Lipinski definition) is 4. The standard InChI is InChI=1S/C13H6F2N2O2/c14-10-3-8(5-16)1-2-12(10)19-13-11(15)4-9(7-18)6-17-13/h1-4,6-7H. The second-order valence-electron chi connectivity index (χ2n) is 3.53. The highest BCUT2D eigenvalue weighted by atomic mass is 19.1. The first kappa shape index (κ1) is 12.6. The maximum Gasteiger partial charge on any atom is 0.256 e. The van der Waals surface area contributed by atoms with Crippen molar-refractivity contribution in [2.75, 3.05) is 0 Å². The number of carbonyl (C=O) groups is 1. The zero-order chi connectivity index (χ0) is 13.8. The molecule has 0 bridgehead atoms. The summed E-state index contributed by atoms with van der Waals surface area (Å²) < 4.78 is 31.9. The van der Waals surface area contributed by atoms with E-state index in [1.165, 1.54) is 12.1 Å². The van der Waals surface area contributed by atoms with Crippen molar-refractivity contribution >= 4 is 6.29 Å². The van der Waals surface area contributed by atoms with Gasteiger partial charge in [0.1, 0.15) is 0 Å². The van der Waals surface area contributed by atoms with Crippen molar-refractivity contribution in [3.05, 3.63) is 53.2 Å². The van der Waals surface area contributed by atoms with Crippen LogP contribution >= 0.6 is 0 Å². The Labute approximate surface area is 106 Å². The van der Waals surface area contributed by atoms with E-state index in [1.807, 2.05) is 0 Å².